The fourth-order valence-corrected chi connectivity index (χ4v) is 1.48. The van der Waals surface area contributed by atoms with Gasteiger partial charge in [0.05, 0.1) is 6.61 Å². The summed E-state index contributed by atoms with van der Waals surface area (Å²) >= 11 is 0. The molecule has 13 heavy (non-hydrogen) atoms. The molecule has 0 aromatic heterocycles. The van der Waals surface area contributed by atoms with E-state index in [1.807, 2.05) is 19.1 Å². The second-order valence-electron chi connectivity index (χ2n) is 3.30. The maximum Gasteiger partial charge on any atom is 0.122 e. The Morgan fingerprint density at radius 3 is 2.69 bits per heavy atom. The van der Waals surface area contributed by atoms with E-state index in [9.17, 15) is 0 Å². The first-order valence-electron chi connectivity index (χ1n) is 4.72. The summed E-state index contributed by atoms with van der Waals surface area (Å²) in [5, 5.41) is 0. The molecule has 0 bridgehead atoms. The van der Waals surface area contributed by atoms with E-state index in [-0.39, 0.29) is 0 Å². The summed E-state index contributed by atoms with van der Waals surface area (Å²) in [6.07, 6.45) is 0. The third-order valence-corrected chi connectivity index (χ3v) is 2.16. The minimum absolute atomic E-state index is 0.320. The van der Waals surface area contributed by atoms with Crippen LogP contribution in [0.3, 0.4) is 0 Å². The fourth-order valence-electron chi connectivity index (χ4n) is 1.48. The van der Waals surface area contributed by atoms with Crippen molar-refractivity contribution in [3.63, 3.8) is 0 Å². The molecule has 0 amide bonds. The number of benzene rings is 1. The molecule has 1 unspecified atom stereocenters. The predicted octanol–water partition coefficient (Wildman–Crippen LogP) is 3.33. The van der Waals surface area contributed by atoms with Crippen molar-refractivity contribution in [3.8, 4) is 5.75 Å². The van der Waals surface area contributed by atoms with Crippen molar-refractivity contribution in [2.24, 2.45) is 0 Å². The molecule has 1 aromatic rings. The van der Waals surface area contributed by atoms with Gasteiger partial charge in [-0.2, -0.15) is 0 Å². The van der Waals surface area contributed by atoms with Gasteiger partial charge in [-0.3, -0.25) is 0 Å². The van der Waals surface area contributed by atoms with Crippen LogP contribution in [0.2, 0.25) is 0 Å². The van der Waals surface area contributed by atoms with Gasteiger partial charge in [-0.25, -0.2) is 0 Å². The maximum atomic E-state index is 5.50. The summed E-state index contributed by atoms with van der Waals surface area (Å²) in [5.41, 5.74) is 2.48. The largest absolute Gasteiger partial charge is 0.494 e. The van der Waals surface area contributed by atoms with Crippen LogP contribution in [-0.2, 0) is 0 Å². The highest BCUT2D eigenvalue weighted by Gasteiger charge is 2.06. The zero-order chi connectivity index (χ0) is 9.84. The molecule has 0 aliphatic rings. The first-order chi connectivity index (χ1) is 6.16. The van der Waals surface area contributed by atoms with Gasteiger partial charge in [0.15, 0.2) is 0 Å². The highest BCUT2D eigenvalue weighted by atomic mass is 16.5. The zero-order valence-corrected chi connectivity index (χ0v) is 8.63. The molecule has 71 valence electrons. The molecule has 0 saturated carbocycles. The number of hydrogen-bond acceptors (Lipinski definition) is 1. The smallest absolute Gasteiger partial charge is 0.122 e. The second kappa shape index (κ2) is 4.31. The van der Waals surface area contributed by atoms with Crippen molar-refractivity contribution in [3.05, 3.63) is 36.2 Å². The summed E-state index contributed by atoms with van der Waals surface area (Å²) in [7, 11) is 0. The monoisotopic (exact) mass is 177 g/mol. The van der Waals surface area contributed by atoms with Crippen LogP contribution in [0.5, 0.6) is 5.75 Å². The van der Waals surface area contributed by atoms with Crippen LogP contribution >= 0.6 is 0 Å². The third kappa shape index (κ3) is 2.24. The van der Waals surface area contributed by atoms with E-state index in [0.717, 1.165) is 12.4 Å². The molecular formula is C12H17O. The van der Waals surface area contributed by atoms with Crippen LogP contribution in [0.1, 0.15) is 30.9 Å². The predicted molar refractivity (Wildman–Crippen MR) is 56.1 cm³/mol. The standard InChI is InChI=1S/C12H17O/c1-5-13-12-8-6-7-11(9(2)3)10(12)4/h6-9H,2,5H2,1,3-4H3. The summed E-state index contributed by atoms with van der Waals surface area (Å²) < 4.78 is 5.50. The van der Waals surface area contributed by atoms with Gasteiger partial charge < -0.3 is 4.74 Å². The minimum atomic E-state index is 0.320. The summed E-state index contributed by atoms with van der Waals surface area (Å²) in [6, 6.07) is 6.13. The lowest BCUT2D eigenvalue weighted by molar-refractivity contribution is 0.337. The van der Waals surface area contributed by atoms with Crippen molar-refractivity contribution in [1.82, 2.24) is 0 Å². The first-order valence-corrected chi connectivity index (χ1v) is 4.72. The van der Waals surface area contributed by atoms with Crippen molar-refractivity contribution in [1.29, 1.82) is 0 Å². The minimum Gasteiger partial charge on any atom is -0.494 e. The van der Waals surface area contributed by atoms with Gasteiger partial charge in [-0.1, -0.05) is 19.1 Å². The lowest BCUT2D eigenvalue weighted by Crippen LogP contribution is -1.98. The Balaban J connectivity index is 3.03. The van der Waals surface area contributed by atoms with Crippen LogP contribution < -0.4 is 4.74 Å². The summed E-state index contributed by atoms with van der Waals surface area (Å²) in [5.74, 6) is 1.30. The summed E-state index contributed by atoms with van der Waals surface area (Å²) in [4.78, 5) is 0. The maximum absolute atomic E-state index is 5.50. The Bertz CT molecular complexity index is 276. The normalized spacial score (nSPS) is 10.5. The molecule has 0 N–H and O–H groups in total. The Labute approximate surface area is 80.7 Å². The fraction of sp³-hybridized carbons (Fsp3) is 0.417. The van der Waals surface area contributed by atoms with Crippen LogP contribution in [0, 0.1) is 13.8 Å². The molecule has 0 saturated heterocycles. The molecule has 1 atom stereocenters. The number of hydrogen-bond donors (Lipinski definition) is 0. The van der Waals surface area contributed by atoms with Crippen molar-refractivity contribution in [2.75, 3.05) is 6.61 Å². The molecular weight excluding hydrogens is 160 g/mol. The van der Waals surface area contributed by atoms with E-state index < -0.39 is 0 Å². The van der Waals surface area contributed by atoms with Crippen LogP contribution in [-0.4, -0.2) is 6.61 Å². The van der Waals surface area contributed by atoms with Crippen molar-refractivity contribution >= 4 is 0 Å². The van der Waals surface area contributed by atoms with Gasteiger partial charge in [0.1, 0.15) is 5.75 Å². The Hall–Kier alpha value is -0.980. The Morgan fingerprint density at radius 1 is 1.46 bits per heavy atom. The van der Waals surface area contributed by atoms with Crippen LogP contribution in [0.25, 0.3) is 0 Å². The average molecular weight is 177 g/mol. The average Bonchev–Trinajstić information content (AvgIpc) is 2.08. The molecule has 0 fully saturated rings. The van der Waals surface area contributed by atoms with Crippen molar-refractivity contribution < 1.29 is 4.74 Å². The van der Waals surface area contributed by atoms with Gasteiger partial charge >= 0.3 is 0 Å². The van der Waals surface area contributed by atoms with E-state index in [0.29, 0.717) is 5.92 Å². The number of rotatable bonds is 3. The Kier molecular flexibility index (Phi) is 3.35. The molecule has 0 spiro atoms. The summed E-state index contributed by atoms with van der Waals surface area (Å²) in [6.45, 7) is 10.9. The van der Waals surface area contributed by atoms with E-state index in [4.69, 9.17) is 4.74 Å². The van der Waals surface area contributed by atoms with E-state index >= 15 is 0 Å². The molecule has 1 aromatic carbocycles. The topological polar surface area (TPSA) is 9.23 Å². The molecule has 1 heteroatoms. The van der Waals surface area contributed by atoms with Crippen LogP contribution in [0.4, 0.5) is 0 Å². The highest BCUT2D eigenvalue weighted by Crippen LogP contribution is 2.26. The quantitative estimate of drug-likeness (QED) is 0.688. The Morgan fingerprint density at radius 2 is 2.15 bits per heavy atom. The lowest BCUT2D eigenvalue weighted by atomic mass is 9.97. The number of ether oxygens (including phenoxy) is 1. The first kappa shape index (κ1) is 10.1. The highest BCUT2D eigenvalue weighted by molar-refractivity contribution is 5.41. The second-order valence-corrected chi connectivity index (χ2v) is 3.30. The van der Waals surface area contributed by atoms with Gasteiger partial charge in [0.25, 0.3) is 0 Å². The van der Waals surface area contributed by atoms with E-state index in [1.165, 1.54) is 11.1 Å². The zero-order valence-electron chi connectivity index (χ0n) is 8.63. The van der Waals surface area contributed by atoms with Gasteiger partial charge in [0.2, 0.25) is 0 Å². The lowest BCUT2D eigenvalue weighted by Gasteiger charge is -2.13. The third-order valence-electron chi connectivity index (χ3n) is 2.16. The van der Waals surface area contributed by atoms with Crippen molar-refractivity contribution in [2.45, 2.75) is 26.7 Å². The molecule has 1 rings (SSSR count). The molecule has 0 aliphatic carbocycles. The molecule has 1 radical (unpaired) electrons. The van der Waals surface area contributed by atoms with Gasteiger partial charge in [-0.15, -0.1) is 0 Å². The SMILES string of the molecule is [CH2]C(C)c1cccc(OCC)c1C. The molecule has 0 heterocycles. The van der Waals surface area contributed by atoms with E-state index in [1.54, 1.807) is 0 Å². The molecule has 0 aliphatic heterocycles. The van der Waals surface area contributed by atoms with Gasteiger partial charge in [0, 0.05) is 0 Å². The van der Waals surface area contributed by atoms with E-state index in [2.05, 4.69) is 26.8 Å². The molecule has 1 nitrogen and oxygen atoms in total. The van der Waals surface area contributed by atoms with Gasteiger partial charge in [-0.05, 0) is 43.9 Å². The van der Waals surface area contributed by atoms with Crippen LogP contribution in [0.15, 0.2) is 18.2 Å².